The third kappa shape index (κ3) is 5.77. The number of aryl methyl sites for hydroxylation is 1. The molecule has 1 heterocycles. The van der Waals surface area contributed by atoms with Crippen molar-refractivity contribution in [2.45, 2.75) is 13.1 Å². The molecule has 0 unspecified atom stereocenters. The molecular weight excluding hydrogens is 415 g/mol. The van der Waals surface area contributed by atoms with Gasteiger partial charge in [0.05, 0.1) is 16.3 Å². The summed E-state index contributed by atoms with van der Waals surface area (Å²) < 4.78 is 38.4. The van der Waals surface area contributed by atoms with Crippen LogP contribution in [0.2, 0.25) is 0 Å². The van der Waals surface area contributed by atoms with Crippen molar-refractivity contribution in [1.82, 2.24) is 4.98 Å². The number of nitrogens with one attached hydrogen (secondary N) is 2. The van der Waals surface area contributed by atoms with Crippen LogP contribution in [0.4, 0.5) is 24.5 Å². The van der Waals surface area contributed by atoms with E-state index in [2.05, 4.69) is 15.6 Å². The first-order valence-electron chi connectivity index (χ1n) is 8.70. The standard InChI is InChI=1S/C21H16F3N3O2S/c1-13-25-18(12-30-13)8-9-19(28)26-16-6-2-4-14(10-16)20(29)27-17-7-3-5-15(11-17)21(22,23)24/h2-12H,1H3,(H,26,28)(H,27,29)/b9-8+. The second-order valence-corrected chi connectivity index (χ2v) is 7.29. The number of benzene rings is 2. The number of rotatable bonds is 5. The summed E-state index contributed by atoms with van der Waals surface area (Å²) in [7, 11) is 0. The van der Waals surface area contributed by atoms with Crippen LogP contribution in [0.25, 0.3) is 6.08 Å². The molecule has 0 aliphatic rings. The molecule has 0 bridgehead atoms. The van der Waals surface area contributed by atoms with Crippen molar-refractivity contribution in [3.8, 4) is 0 Å². The Morgan fingerprint density at radius 3 is 2.40 bits per heavy atom. The Morgan fingerprint density at radius 2 is 1.73 bits per heavy atom. The first kappa shape index (κ1) is 21.3. The highest BCUT2D eigenvalue weighted by molar-refractivity contribution is 7.09. The smallest absolute Gasteiger partial charge is 0.322 e. The zero-order valence-electron chi connectivity index (χ0n) is 15.7. The lowest BCUT2D eigenvalue weighted by molar-refractivity contribution is -0.137. The van der Waals surface area contributed by atoms with Crippen molar-refractivity contribution >= 4 is 40.6 Å². The van der Waals surface area contributed by atoms with Crippen LogP contribution in [-0.2, 0) is 11.0 Å². The van der Waals surface area contributed by atoms with Gasteiger partial charge in [-0.25, -0.2) is 4.98 Å². The van der Waals surface area contributed by atoms with Crippen LogP contribution >= 0.6 is 11.3 Å². The highest BCUT2D eigenvalue weighted by atomic mass is 32.1. The van der Waals surface area contributed by atoms with Gasteiger partial charge in [-0.3, -0.25) is 9.59 Å². The maximum absolute atomic E-state index is 12.8. The van der Waals surface area contributed by atoms with Crippen molar-refractivity contribution in [3.63, 3.8) is 0 Å². The summed E-state index contributed by atoms with van der Waals surface area (Å²) in [5.74, 6) is -1.00. The molecule has 30 heavy (non-hydrogen) atoms. The third-order valence-corrected chi connectivity index (χ3v) is 4.67. The number of carbonyl (C=O) groups excluding carboxylic acids is 2. The minimum Gasteiger partial charge on any atom is -0.322 e. The quantitative estimate of drug-likeness (QED) is 0.533. The van der Waals surface area contributed by atoms with Crippen LogP contribution in [0.1, 0.15) is 26.6 Å². The van der Waals surface area contributed by atoms with Gasteiger partial charge in [0, 0.05) is 28.4 Å². The molecular formula is C21H16F3N3O2S. The van der Waals surface area contributed by atoms with Crippen molar-refractivity contribution in [2.24, 2.45) is 0 Å². The molecule has 0 aliphatic heterocycles. The van der Waals surface area contributed by atoms with Crippen molar-refractivity contribution < 1.29 is 22.8 Å². The fourth-order valence-electron chi connectivity index (χ4n) is 2.52. The van der Waals surface area contributed by atoms with E-state index >= 15 is 0 Å². The minimum absolute atomic E-state index is 0.0192. The van der Waals surface area contributed by atoms with E-state index in [-0.39, 0.29) is 11.3 Å². The summed E-state index contributed by atoms with van der Waals surface area (Å²) in [6, 6.07) is 10.4. The van der Waals surface area contributed by atoms with E-state index in [1.165, 1.54) is 41.7 Å². The molecule has 5 nitrogen and oxygen atoms in total. The van der Waals surface area contributed by atoms with E-state index in [4.69, 9.17) is 0 Å². The first-order chi connectivity index (χ1) is 14.2. The molecule has 0 atom stereocenters. The summed E-state index contributed by atoms with van der Waals surface area (Å²) in [4.78, 5) is 28.7. The third-order valence-electron chi connectivity index (χ3n) is 3.88. The lowest BCUT2D eigenvalue weighted by Crippen LogP contribution is -2.14. The van der Waals surface area contributed by atoms with Gasteiger partial charge in [-0.2, -0.15) is 13.2 Å². The number of thiazole rings is 1. The number of anilines is 2. The first-order valence-corrected chi connectivity index (χ1v) is 9.58. The summed E-state index contributed by atoms with van der Waals surface area (Å²) in [5, 5.41) is 7.76. The number of alkyl halides is 3. The molecule has 0 fully saturated rings. The largest absolute Gasteiger partial charge is 0.416 e. The lowest BCUT2D eigenvalue weighted by atomic mass is 10.1. The fraction of sp³-hybridized carbons (Fsp3) is 0.0952. The van der Waals surface area contributed by atoms with Gasteiger partial charge in [-0.05, 0) is 49.4 Å². The fourth-order valence-corrected chi connectivity index (χ4v) is 3.10. The highest BCUT2D eigenvalue weighted by Gasteiger charge is 2.30. The molecule has 2 N–H and O–H groups in total. The molecule has 1 aromatic heterocycles. The minimum atomic E-state index is -4.50. The molecule has 154 valence electrons. The van der Waals surface area contributed by atoms with E-state index in [0.717, 1.165) is 17.1 Å². The van der Waals surface area contributed by atoms with Gasteiger partial charge in [0.1, 0.15) is 0 Å². The molecule has 0 aliphatic carbocycles. The molecule has 3 rings (SSSR count). The maximum atomic E-state index is 12.8. The number of nitrogens with zero attached hydrogens (tertiary/aromatic N) is 1. The maximum Gasteiger partial charge on any atom is 0.416 e. The Morgan fingerprint density at radius 1 is 1.03 bits per heavy atom. The summed E-state index contributed by atoms with van der Waals surface area (Å²) in [6.07, 6.45) is -1.61. The zero-order valence-corrected chi connectivity index (χ0v) is 16.5. The molecule has 9 heteroatoms. The molecule has 2 aromatic carbocycles. The normalized spacial score (nSPS) is 11.5. The van der Waals surface area contributed by atoms with Crippen LogP contribution in [0.3, 0.4) is 0 Å². The predicted octanol–water partition coefficient (Wildman–Crippen LogP) is 5.37. The van der Waals surface area contributed by atoms with Gasteiger partial charge in [-0.15, -0.1) is 11.3 Å². The number of amides is 2. The summed E-state index contributed by atoms with van der Waals surface area (Å²) in [6.45, 7) is 1.86. The number of carbonyl (C=O) groups is 2. The van der Waals surface area contributed by atoms with Gasteiger partial charge in [0.25, 0.3) is 5.91 Å². The van der Waals surface area contributed by atoms with Crippen LogP contribution in [0, 0.1) is 6.92 Å². The van der Waals surface area contributed by atoms with E-state index in [0.29, 0.717) is 11.4 Å². The molecule has 0 saturated carbocycles. The monoisotopic (exact) mass is 431 g/mol. The van der Waals surface area contributed by atoms with Crippen LogP contribution in [-0.4, -0.2) is 16.8 Å². The molecule has 0 radical (unpaired) electrons. The zero-order chi connectivity index (χ0) is 21.7. The van der Waals surface area contributed by atoms with Crippen molar-refractivity contribution in [2.75, 3.05) is 10.6 Å². The summed E-state index contributed by atoms with van der Waals surface area (Å²) >= 11 is 1.47. The van der Waals surface area contributed by atoms with Gasteiger partial charge in [-0.1, -0.05) is 12.1 Å². The molecule has 0 spiro atoms. The van der Waals surface area contributed by atoms with Crippen molar-refractivity contribution in [3.05, 3.63) is 81.8 Å². The number of hydrogen-bond acceptors (Lipinski definition) is 4. The number of halogens is 3. The Kier molecular flexibility index (Phi) is 6.31. The van der Waals surface area contributed by atoms with Gasteiger partial charge in [0.15, 0.2) is 0 Å². The molecule has 3 aromatic rings. The number of aromatic nitrogens is 1. The Labute approximate surface area is 174 Å². The van der Waals surface area contributed by atoms with E-state index in [9.17, 15) is 22.8 Å². The lowest BCUT2D eigenvalue weighted by Gasteiger charge is -2.10. The van der Waals surface area contributed by atoms with E-state index in [1.54, 1.807) is 18.2 Å². The average Bonchev–Trinajstić information content (AvgIpc) is 3.11. The van der Waals surface area contributed by atoms with Crippen LogP contribution < -0.4 is 10.6 Å². The Hall–Kier alpha value is -3.46. The average molecular weight is 431 g/mol. The number of hydrogen-bond donors (Lipinski definition) is 2. The topological polar surface area (TPSA) is 71.1 Å². The van der Waals surface area contributed by atoms with Gasteiger partial charge < -0.3 is 10.6 Å². The van der Waals surface area contributed by atoms with Gasteiger partial charge in [0.2, 0.25) is 5.91 Å². The Bertz CT molecular complexity index is 1110. The van der Waals surface area contributed by atoms with Crippen LogP contribution in [0.15, 0.2) is 60.0 Å². The van der Waals surface area contributed by atoms with E-state index < -0.39 is 23.6 Å². The predicted molar refractivity (Wildman–Crippen MR) is 110 cm³/mol. The second-order valence-electron chi connectivity index (χ2n) is 6.23. The Balaban J connectivity index is 1.66. The molecule has 2 amide bonds. The summed E-state index contributed by atoms with van der Waals surface area (Å²) in [5.41, 5.74) is 0.385. The van der Waals surface area contributed by atoms with E-state index in [1.807, 2.05) is 12.3 Å². The molecule has 0 saturated heterocycles. The van der Waals surface area contributed by atoms with Crippen molar-refractivity contribution in [1.29, 1.82) is 0 Å². The van der Waals surface area contributed by atoms with Gasteiger partial charge >= 0.3 is 6.18 Å². The highest BCUT2D eigenvalue weighted by Crippen LogP contribution is 2.30. The van der Waals surface area contributed by atoms with Crippen LogP contribution in [0.5, 0.6) is 0 Å². The SMILES string of the molecule is Cc1nc(/C=C/C(=O)Nc2cccc(C(=O)Nc3cccc(C(F)(F)F)c3)c2)cs1. The second kappa shape index (κ2) is 8.91.